The summed E-state index contributed by atoms with van der Waals surface area (Å²) in [6.45, 7) is 4.86. The van der Waals surface area contributed by atoms with Crippen molar-refractivity contribution in [1.82, 2.24) is 5.32 Å². The summed E-state index contributed by atoms with van der Waals surface area (Å²) < 4.78 is 0. The van der Waals surface area contributed by atoms with Gasteiger partial charge in [0.05, 0.1) is 6.04 Å². The molecule has 0 aliphatic carbocycles. The first-order valence-electron chi connectivity index (χ1n) is 7.21. The minimum absolute atomic E-state index is 0.127. The van der Waals surface area contributed by atoms with Gasteiger partial charge in [0.1, 0.15) is 0 Å². The maximum Gasteiger partial charge on any atom is 0.220 e. The molecule has 0 fully saturated rings. The molecule has 3 heteroatoms. The van der Waals surface area contributed by atoms with Gasteiger partial charge in [0, 0.05) is 6.42 Å². The van der Waals surface area contributed by atoms with Gasteiger partial charge >= 0.3 is 0 Å². The van der Waals surface area contributed by atoms with Crippen LogP contribution in [0.15, 0.2) is 30.3 Å². The molecule has 3 nitrogen and oxygen atoms in total. The fourth-order valence-electron chi connectivity index (χ4n) is 2.06. The highest BCUT2D eigenvalue weighted by Crippen LogP contribution is 2.18. The van der Waals surface area contributed by atoms with Gasteiger partial charge in [-0.3, -0.25) is 4.79 Å². The van der Waals surface area contributed by atoms with E-state index in [1.54, 1.807) is 0 Å². The second-order valence-electron chi connectivity index (χ2n) is 5.20. The number of benzene rings is 1. The van der Waals surface area contributed by atoms with Crippen LogP contribution in [0.5, 0.6) is 0 Å². The summed E-state index contributed by atoms with van der Waals surface area (Å²) in [6.07, 6.45) is 3.45. The van der Waals surface area contributed by atoms with Crippen LogP contribution >= 0.6 is 0 Å². The zero-order valence-corrected chi connectivity index (χ0v) is 12.1. The topological polar surface area (TPSA) is 55.1 Å². The number of carbonyl (C=O) groups excluding carboxylic acids is 1. The van der Waals surface area contributed by atoms with E-state index in [0.717, 1.165) is 19.3 Å². The lowest BCUT2D eigenvalue weighted by atomic mass is 10.0. The van der Waals surface area contributed by atoms with Gasteiger partial charge in [0.15, 0.2) is 0 Å². The Balaban J connectivity index is 2.52. The molecule has 1 amide bonds. The van der Waals surface area contributed by atoms with E-state index in [1.165, 1.54) is 5.56 Å². The molecule has 1 rings (SSSR count). The summed E-state index contributed by atoms with van der Waals surface area (Å²) in [4.78, 5) is 12.0. The Morgan fingerprint density at radius 2 is 1.95 bits per heavy atom. The van der Waals surface area contributed by atoms with E-state index in [-0.39, 0.29) is 11.9 Å². The molecule has 2 atom stereocenters. The number of hydrogen-bond donors (Lipinski definition) is 2. The Kier molecular flexibility index (Phi) is 7.19. The predicted molar refractivity (Wildman–Crippen MR) is 79.7 cm³/mol. The van der Waals surface area contributed by atoms with Crippen molar-refractivity contribution in [2.75, 3.05) is 6.54 Å². The average molecular weight is 262 g/mol. The molecule has 2 unspecified atom stereocenters. The minimum atomic E-state index is 0.127. The molecule has 0 bridgehead atoms. The molecule has 3 N–H and O–H groups in total. The van der Waals surface area contributed by atoms with E-state index < -0.39 is 0 Å². The zero-order valence-electron chi connectivity index (χ0n) is 12.1. The number of rotatable bonds is 8. The van der Waals surface area contributed by atoms with Crippen LogP contribution in [-0.4, -0.2) is 12.5 Å². The van der Waals surface area contributed by atoms with Crippen LogP contribution in [0.3, 0.4) is 0 Å². The van der Waals surface area contributed by atoms with Gasteiger partial charge in [-0.1, -0.05) is 50.6 Å². The lowest BCUT2D eigenvalue weighted by Gasteiger charge is -2.19. The van der Waals surface area contributed by atoms with Crippen molar-refractivity contribution in [2.24, 2.45) is 11.7 Å². The van der Waals surface area contributed by atoms with Gasteiger partial charge in [0.25, 0.3) is 0 Å². The lowest BCUT2D eigenvalue weighted by molar-refractivity contribution is -0.122. The molecule has 19 heavy (non-hydrogen) atoms. The number of amides is 1. The molecule has 0 saturated carbocycles. The average Bonchev–Trinajstić information content (AvgIpc) is 2.45. The van der Waals surface area contributed by atoms with Crippen LogP contribution in [0.25, 0.3) is 0 Å². The highest BCUT2D eigenvalue weighted by atomic mass is 16.1. The van der Waals surface area contributed by atoms with E-state index in [0.29, 0.717) is 18.9 Å². The van der Waals surface area contributed by atoms with E-state index in [2.05, 4.69) is 31.3 Å². The first kappa shape index (κ1) is 15.7. The first-order chi connectivity index (χ1) is 9.17. The highest BCUT2D eigenvalue weighted by Gasteiger charge is 2.13. The van der Waals surface area contributed by atoms with Crippen LogP contribution in [0.4, 0.5) is 0 Å². The highest BCUT2D eigenvalue weighted by molar-refractivity contribution is 5.76. The summed E-state index contributed by atoms with van der Waals surface area (Å²) in [5, 5.41) is 3.13. The van der Waals surface area contributed by atoms with Gasteiger partial charge in [-0.25, -0.2) is 0 Å². The Bertz CT molecular complexity index is 364. The van der Waals surface area contributed by atoms with Crippen molar-refractivity contribution in [3.05, 3.63) is 35.9 Å². The molecule has 106 valence electrons. The summed E-state index contributed by atoms with van der Waals surface area (Å²) in [5.74, 6) is 0.537. The Hall–Kier alpha value is -1.35. The minimum Gasteiger partial charge on any atom is -0.349 e. The summed E-state index contributed by atoms with van der Waals surface area (Å²) in [5.41, 5.74) is 6.75. The van der Waals surface area contributed by atoms with Crippen LogP contribution in [0.1, 0.15) is 51.1 Å². The smallest absolute Gasteiger partial charge is 0.220 e. The third-order valence-corrected chi connectivity index (χ3v) is 3.38. The molecule has 1 aromatic rings. The van der Waals surface area contributed by atoms with E-state index in [4.69, 9.17) is 5.73 Å². The van der Waals surface area contributed by atoms with Crippen molar-refractivity contribution in [3.63, 3.8) is 0 Å². The molecular weight excluding hydrogens is 236 g/mol. The number of hydrogen-bond acceptors (Lipinski definition) is 2. The molecule has 1 aromatic carbocycles. The number of nitrogens with one attached hydrogen (secondary N) is 1. The molecule has 0 saturated heterocycles. The van der Waals surface area contributed by atoms with Crippen LogP contribution in [0.2, 0.25) is 0 Å². The molecule has 0 aliphatic rings. The summed E-state index contributed by atoms with van der Waals surface area (Å²) >= 11 is 0. The van der Waals surface area contributed by atoms with Crippen molar-refractivity contribution in [3.8, 4) is 0 Å². The molecule has 0 aliphatic heterocycles. The van der Waals surface area contributed by atoms with E-state index >= 15 is 0 Å². The van der Waals surface area contributed by atoms with Crippen LogP contribution in [-0.2, 0) is 4.79 Å². The molecule has 0 heterocycles. The van der Waals surface area contributed by atoms with Crippen LogP contribution < -0.4 is 11.1 Å². The first-order valence-corrected chi connectivity index (χ1v) is 7.21. The van der Waals surface area contributed by atoms with Gasteiger partial charge in [0.2, 0.25) is 5.91 Å². The largest absolute Gasteiger partial charge is 0.349 e. The SMILES string of the molecule is CCCC(NC(=O)CCC(C)CN)c1ccccc1. The third-order valence-electron chi connectivity index (χ3n) is 3.38. The second kappa shape index (κ2) is 8.70. The number of nitrogens with two attached hydrogens (primary N) is 1. The van der Waals surface area contributed by atoms with Gasteiger partial charge in [-0.05, 0) is 30.9 Å². The quantitative estimate of drug-likeness (QED) is 0.756. The van der Waals surface area contributed by atoms with E-state index in [9.17, 15) is 4.79 Å². The van der Waals surface area contributed by atoms with Gasteiger partial charge in [-0.15, -0.1) is 0 Å². The monoisotopic (exact) mass is 262 g/mol. The normalized spacial score (nSPS) is 13.8. The lowest BCUT2D eigenvalue weighted by Crippen LogP contribution is -2.29. The third kappa shape index (κ3) is 5.88. The fourth-order valence-corrected chi connectivity index (χ4v) is 2.06. The zero-order chi connectivity index (χ0) is 14.1. The Morgan fingerprint density at radius 1 is 1.26 bits per heavy atom. The Labute approximate surface area is 116 Å². The molecule has 0 aromatic heterocycles. The standard InChI is InChI=1S/C16H26N2O/c1-3-7-15(14-8-5-4-6-9-14)18-16(19)11-10-13(2)12-17/h4-6,8-9,13,15H,3,7,10-12,17H2,1-2H3,(H,18,19). The van der Waals surface area contributed by atoms with Gasteiger partial charge in [-0.2, -0.15) is 0 Å². The fraction of sp³-hybridized carbons (Fsp3) is 0.562. The maximum absolute atomic E-state index is 12.0. The number of carbonyl (C=O) groups is 1. The van der Waals surface area contributed by atoms with Crippen molar-refractivity contribution >= 4 is 5.91 Å². The maximum atomic E-state index is 12.0. The molecular formula is C16H26N2O. The second-order valence-corrected chi connectivity index (χ2v) is 5.20. The summed E-state index contributed by atoms with van der Waals surface area (Å²) in [7, 11) is 0. The van der Waals surface area contributed by atoms with Crippen molar-refractivity contribution in [2.45, 2.75) is 45.6 Å². The summed E-state index contributed by atoms with van der Waals surface area (Å²) in [6, 6.07) is 10.3. The Morgan fingerprint density at radius 3 is 2.53 bits per heavy atom. The van der Waals surface area contributed by atoms with Crippen molar-refractivity contribution in [1.29, 1.82) is 0 Å². The van der Waals surface area contributed by atoms with Crippen LogP contribution in [0, 0.1) is 5.92 Å². The van der Waals surface area contributed by atoms with Crippen molar-refractivity contribution < 1.29 is 4.79 Å². The predicted octanol–water partition coefficient (Wildman–Crippen LogP) is 3.02. The molecule has 0 radical (unpaired) electrons. The van der Waals surface area contributed by atoms with Gasteiger partial charge < -0.3 is 11.1 Å². The molecule has 0 spiro atoms. The van der Waals surface area contributed by atoms with E-state index in [1.807, 2.05) is 18.2 Å².